The van der Waals surface area contributed by atoms with Crippen molar-refractivity contribution in [3.05, 3.63) is 30.3 Å². The Labute approximate surface area is 64.7 Å². The molecule has 0 bridgehead atoms. The quantitative estimate of drug-likeness (QED) is 0.531. The molecule has 0 amide bonds. The second-order valence-electron chi connectivity index (χ2n) is 1.70. The van der Waals surface area contributed by atoms with E-state index >= 15 is 0 Å². The zero-order chi connectivity index (χ0) is 7.23. The van der Waals surface area contributed by atoms with Gasteiger partial charge < -0.3 is 0 Å². The van der Waals surface area contributed by atoms with Crippen molar-refractivity contribution < 1.29 is 4.84 Å². The van der Waals surface area contributed by atoms with Crippen molar-refractivity contribution in [3.8, 4) is 0 Å². The number of hydrogen-bond donors (Lipinski definition) is 1. The molecule has 0 aliphatic carbocycles. The lowest BCUT2D eigenvalue weighted by Crippen LogP contribution is -1.98. The van der Waals surface area contributed by atoms with Crippen LogP contribution in [0.3, 0.4) is 0 Å². The molecule has 0 aliphatic rings. The van der Waals surface area contributed by atoms with Crippen LogP contribution in [0.4, 0.5) is 0 Å². The monoisotopic (exact) mass is 155 g/mol. The Morgan fingerprint density at radius 2 is 2.00 bits per heavy atom. The maximum absolute atomic E-state index is 4.66. The minimum Gasteiger partial charge on any atom is -0.294 e. The molecular weight excluding hydrogens is 146 g/mol. The van der Waals surface area contributed by atoms with Crippen molar-refractivity contribution in [2.75, 3.05) is 7.11 Å². The van der Waals surface area contributed by atoms with E-state index in [1.165, 1.54) is 11.9 Å². The van der Waals surface area contributed by atoms with E-state index in [1.54, 1.807) is 7.11 Å². The third kappa shape index (κ3) is 2.39. The fraction of sp³-hybridized carbons (Fsp3) is 0.143. The van der Waals surface area contributed by atoms with E-state index in [0.29, 0.717) is 0 Å². The lowest BCUT2D eigenvalue weighted by atomic mass is 10.4. The van der Waals surface area contributed by atoms with Crippen LogP contribution in [-0.2, 0) is 4.84 Å². The van der Waals surface area contributed by atoms with Crippen LogP contribution in [0.2, 0.25) is 0 Å². The van der Waals surface area contributed by atoms with Crippen molar-refractivity contribution in [1.82, 2.24) is 4.89 Å². The first kappa shape index (κ1) is 7.60. The largest absolute Gasteiger partial charge is 0.294 e. The lowest BCUT2D eigenvalue weighted by Gasteiger charge is -1.98. The van der Waals surface area contributed by atoms with E-state index in [2.05, 4.69) is 9.72 Å². The summed E-state index contributed by atoms with van der Waals surface area (Å²) in [6.45, 7) is 0. The molecule has 1 aromatic carbocycles. The molecule has 0 unspecified atom stereocenters. The van der Waals surface area contributed by atoms with Gasteiger partial charge in [-0.05, 0) is 24.1 Å². The Kier molecular flexibility index (Phi) is 3.29. The first-order chi connectivity index (χ1) is 4.93. The van der Waals surface area contributed by atoms with Gasteiger partial charge in [-0.25, -0.2) is 0 Å². The van der Waals surface area contributed by atoms with Crippen molar-refractivity contribution >= 4 is 11.9 Å². The van der Waals surface area contributed by atoms with Crippen LogP contribution in [0.5, 0.6) is 0 Å². The zero-order valence-corrected chi connectivity index (χ0v) is 6.52. The van der Waals surface area contributed by atoms with Crippen molar-refractivity contribution in [3.63, 3.8) is 0 Å². The number of hydrogen-bond acceptors (Lipinski definition) is 3. The minimum atomic E-state index is 1.14. The zero-order valence-electron chi connectivity index (χ0n) is 5.70. The normalized spacial score (nSPS) is 9.70. The molecule has 0 atom stereocenters. The summed E-state index contributed by atoms with van der Waals surface area (Å²) in [5.41, 5.74) is 0. The van der Waals surface area contributed by atoms with Crippen LogP contribution in [0.1, 0.15) is 0 Å². The van der Waals surface area contributed by atoms with Gasteiger partial charge in [0.1, 0.15) is 0 Å². The molecule has 0 fully saturated rings. The van der Waals surface area contributed by atoms with E-state index in [4.69, 9.17) is 0 Å². The van der Waals surface area contributed by atoms with E-state index in [0.717, 1.165) is 4.90 Å². The highest BCUT2D eigenvalue weighted by atomic mass is 32.2. The third-order valence-electron chi connectivity index (χ3n) is 0.986. The van der Waals surface area contributed by atoms with E-state index < -0.39 is 0 Å². The Bertz CT molecular complexity index is 178. The molecule has 2 nitrogen and oxygen atoms in total. The van der Waals surface area contributed by atoms with Crippen LogP contribution < -0.4 is 4.89 Å². The maximum atomic E-state index is 4.66. The molecule has 0 radical (unpaired) electrons. The Balaban J connectivity index is 2.43. The second-order valence-corrected chi connectivity index (χ2v) is 2.54. The number of nitrogens with one attached hydrogen (secondary N) is 1. The van der Waals surface area contributed by atoms with E-state index in [9.17, 15) is 0 Å². The van der Waals surface area contributed by atoms with Gasteiger partial charge in [0.15, 0.2) is 0 Å². The predicted molar refractivity (Wildman–Crippen MR) is 42.4 cm³/mol. The van der Waals surface area contributed by atoms with Crippen molar-refractivity contribution in [1.29, 1.82) is 0 Å². The first-order valence-electron chi connectivity index (χ1n) is 2.93. The molecule has 1 rings (SSSR count). The highest BCUT2D eigenvalue weighted by Gasteiger charge is 1.87. The Hall–Kier alpha value is -0.510. The Morgan fingerprint density at radius 1 is 1.30 bits per heavy atom. The molecule has 10 heavy (non-hydrogen) atoms. The summed E-state index contributed by atoms with van der Waals surface area (Å²) < 4.78 is 0. The van der Waals surface area contributed by atoms with Gasteiger partial charge in [0.25, 0.3) is 0 Å². The van der Waals surface area contributed by atoms with Gasteiger partial charge in [-0.3, -0.25) is 4.84 Å². The maximum Gasteiger partial charge on any atom is 0.0583 e. The van der Waals surface area contributed by atoms with Gasteiger partial charge in [0.2, 0.25) is 0 Å². The van der Waals surface area contributed by atoms with Crippen LogP contribution in [0, 0.1) is 0 Å². The summed E-state index contributed by atoms with van der Waals surface area (Å²) in [7, 11) is 1.59. The minimum absolute atomic E-state index is 1.14. The van der Waals surface area contributed by atoms with Crippen molar-refractivity contribution in [2.24, 2.45) is 0 Å². The van der Waals surface area contributed by atoms with Gasteiger partial charge in [0.05, 0.1) is 7.11 Å². The van der Waals surface area contributed by atoms with Gasteiger partial charge in [-0.2, -0.15) is 0 Å². The summed E-state index contributed by atoms with van der Waals surface area (Å²) in [4.78, 5) is 8.48. The third-order valence-corrected chi connectivity index (χ3v) is 1.74. The number of benzene rings is 1. The summed E-state index contributed by atoms with van der Waals surface area (Å²) in [5, 5.41) is 0. The van der Waals surface area contributed by atoms with Crippen LogP contribution in [0.25, 0.3) is 0 Å². The predicted octanol–water partition coefficient (Wildman–Crippen LogP) is 1.84. The second kappa shape index (κ2) is 4.33. The molecule has 1 aromatic rings. The number of rotatable bonds is 3. The molecule has 54 valence electrons. The van der Waals surface area contributed by atoms with Gasteiger partial charge in [-0.15, -0.1) is 4.89 Å². The highest BCUT2D eigenvalue weighted by Crippen LogP contribution is 2.11. The molecule has 0 aliphatic heterocycles. The summed E-state index contributed by atoms with van der Waals surface area (Å²) in [6, 6.07) is 9.98. The molecule has 3 heteroatoms. The Morgan fingerprint density at radius 3 is 2.60 bits per heavy atom. The topological polar surface area (TPSA) is 21.3 Å². The SMILES string of the molecule is CONSc1ccccc1. The summed E-state index contributed by atoms with van der Waals surface area (Å²) >= 11 is 1.45. The highest BCUT2D eigenvalue weighted by molar-refractivity contribution is 7.97. The molecule has 0 spiro atoms. The first-order valence-corrected chi connectivity index (χ1v) is 3.75. The molecular formula is C7H9NOS. The molecule has 0 saturated heterocycles. The summed E-state index contributed by atoms with van der Waals surface area (Å²) in [5.74, 6) is 0. The molecule has 0 saturated carbocycles. The van der Waals surface area contributed by atoms with Gasteiger partial charge in [-0.1, -0.05) is 18.2 Å². The van der Waals surface area contributed by atoms with Crippen LogP contribution in [0.15, 0.2) is 35.2 Å². The van der Waals surface area contributed by atoms with Crippen molar-refractivity contribution in [2.45, 2.75) is 4.90 Å². The standard InChI is InChI=1S/C7H9NOS/c1-9-8-10-7-5-3-2-4-6-7/h2-6,8H,1H3. The average Bonchev–Trinajstić information content (AvgIpc) is 2.03. The fourth-order valence-electron chi connectivity index (χ4n) is 0.578. The van der Waals surface area contributed by atoms with Gasteiger partial charge >= 0.3 is 0 Å². The summed E-state index contributed by atoms with van der Waals surface area (Å²) in [6.07, 6.45) is 0. The van der Waals surface area contributed by atoms with Crippen LogP contribution in [-0.4, -0.2) is 7.11 Å². The lowest BCUT2D eigenvalue weighted by molar-refractivity contribution is 0.163. The van der Waals surface area contributed by atoms with Gasteiger partial charge in [0, 0.05) is 4.90 Å². The van der Waals surface area contributed by atoms with Crippen LogP contribution >= 0.6 is 11.9 Å². The smallest absolute Gasteiger partial charge is 0.0583 e. The molecule has 0 aromatic heterocycles. The average molecular weight is 155 g/mol. The fourth-order valence-corrected chi connectivity index (χ4v) is 1.05. The van der Waals surface area contributed by atoms with E-state index in [1.807, 2.05) is 30.3 Å². The van der Waals surface area contributed by atoms with E-state index in [-0.39, 0.29) is 0 Å². The molecule has 0 heterocycles. The molecule has 1 N–H and O–H groups in total.